The quantitative estimate of drug-likeness (QED) is 0.540. The first kappa shape index (κ1) is 21.1. The van der Waals surface area contributed by atoms with E-state index in [1.165, 1.54) is 17.3 Å². The van der Waals surface area contributed by atoms with Crippen molar-refractivity contribution in [2.24, 2.45) is 5.92 Å². The number of aromatic nitrogens is 3. The molecule has 1 heterocycles. The molecule has 0 spiro atoms. The van der Waals surface area contributed by atoms with E-state index in [0.29, 0.717) is 11.7 Å². The fourth-order valence-electron chi connectivity index (χ4n) is 3.26. The van der Waals surface area contributed by atoms with E-state index in [4.69, 9.17) is 0 Å². The topological polar surface area (TPSA) is 59.8 Å². The monoisotopic (exact) mass is 408 g/mol. The fraction of sp³-hybridized carbons (Fsp3) is 0.348. The summed E-state index contributed by atoms with van der Waals surface area (Å²) in [4.78, 5) is 12.5. The molecule has 0 saturated heterocycles. The average molecular weight is 409 g/mol. The Bertz CT molecular complexity index is 946. The normalized spacial score (nSPS) is 11.1. The maximum Gasteiger partial charge on any atom is 0.234 e. The van der Waals surface area contributed by atoms with Crippen LogP contribution in [0.25, 0.3) is 0 Å². The SMILES string of the molecule is Cc1cc(C)cc(NC(=O)CSc2nnc(Cc3ccccc3)n2CC(C)C)c1. The molecule has 6 heteroatoms. The van der Waals surface area contributed by atoms with Crippen LogP contribution in [-0.4, -0.2) is 26.4 Å². The van der Waals surface area contributed by atoms with Crippen LogP contribution in [0.2, 0.25) is 0 Å². The number of hydrogen-bond donors (Lipinski definition) is 1. The van der Waals surface area contributed by atoms with Gasteiger partial charge in [-0.3, -0.25) is 4.79 Å². The summed E-state index contributed by atoms with van der Waals surface area (Å²) >= 11 is 1.43. The Labute approximate surface area is 176 Å². The standard InChI is InChI=1S/C23H28N4OS/c1-16(2)14-27-21(13-19-8-6-5-7-9-19)25-26-23(27)29-15-22(28)24-20-11-17(3)10-18(4)12-20/h5-12,16H,13-15H2,1-4H3,(H,24,28). The number of nitrogens with zero attached hydrogens (tertiary/aromatic N) is 3. The number of aryl methyl sites for hydroxylation is 2. The van der Waals surface area contributed by atoms with Crippen molar-refractivity contribution >= 4 is 23.4 Å². The lowest BCUT2D eigenvalue weighted by molar-refractivity contribution is -0.113. The van der Waals surface area contributed by atoms with Crippen molar-refractivity contribution in [3.8, 4) is 0 Å². The number of carbonyl (C=O) groups is 1. The van der Waals surface area contributed by atoms with Gasteiger partial charge in [-0.2, -0.15) is 0 Å². The highest BCUT2D eigenvalue weighted by Gasteiger charge is 2.16. The largest absolute Gasteiger partial charge is 0.325 e. The highest BCUT2D eigenvalue weighted by molar-refractivity contribution is 7.99. The molecule has 1 N–H and O–H groups in total. The second-order valence-corrected chi connectivity index (χ2v) is 8.72. The second-order valence-electron chi connectivity index (χ2n) is 7.78. The third-order valence-corrected chi connectivity index (χ3v) is 5.35. The number of anilines is 1. The van der Waals surface area contributed by atoms with Gasteiger partial charge in [-0.25, -0.2) is 0 Å². The van der Waals surface area contributed by atoms with E-state index < -0.39 is 0 Å². The molecule has 3 aromatic rings. The molecular weight excluding hydrogens is 380 g/mol. The van der Waals surface area contributed by atoms with E-state index in [-0.39, 0.29) is 5.91 Å². The van der Waals surface area contributed by atoms with Crippen LogP contribution in [0.4, 0.5) is 5.69 Å². The van der Waals surface area contributed by atoms with E-state index >= 15 is 0 Å². The van der Waals surface area contributed by atoms with Gasteiger partial charge in [0, 0.05) is 18.7 Å². The van der Waals surface area contributed by atoms with Gasteiger partial charge in [0.15, 0.2) is 5.16 Å². The molecule has 0 radical (unpaired) electrons. The van der Waals surface area contributed by atoms with Crippen molar-refractivity contribution in [1.82, 2.24) is 14.8 Å². The molecule has 3 rings (SSSR count). The highest BCUT2D eigenvalue weighted by Crippen LogP contribution is 2.21. The Hall–Kier alpha value is -2.60. The number of rotatable bonds is 8. The van der Waals surface area contributed by atoms with E-state index in [1.54, 1.807) is 0 Å². The number of thioether (sulfide) groups is 1. The van der Waals surface area contributed by atoms with Crippen LogP contribution in [0.15, 0.2) is 53.7 Å². The molecule has 2 aromatic carbocycles. The fourth-order valence-corrected chi connectivity index (χ4v) is 4.02. The minimum Gasteiger partial charge on any atom is -0.325 e. The number of amides is 1. The average Bonchev–Trinajstić information content (AvgIpc) is 3.01. The number of nitrogens with one attached hydrogen (secondary N) is 1. The van der Waals surface area contributed by atoms with E-state index in [9.17, 15) is 4.79 Å². The van der Waals surface area contributed by atoms with E-state index in [0.717, 1.165) is 40.8 Å². The molecule has 5 nitrogen and oxygen atoms in total. The summed E-state index contributed by atoms with van der Waals surface area (Å²) in [6.45, 7) is 9.23. The Morgan fingerprint density at radius 1 is 1.07 bits per heavy atom. The van der Waals surface area contributed by atoms with Crippen LogP contribution in [0, 0.1) is 19.8 Å². The predicted octanol–water partition coefficient (Wildman–Crippen LogP) is 4.87. The molecule has 0 bridgehead atoms. The molecule has 0 aliphatic carbocycles. The first-order chi connectivity index (χ1) is 13.9. The molecule has 0 atom stereocenters. The Kier molecular flexibility index (Phi) is 7.09. The minimum absolute atomic E-state index is 0.0382. The summed E-state index contributed by atoms with van der Waals surface area (Å²) in [6, 6.07) is 16.3. The lowest BCUT2D eigenvalue weighted by Gasteiger charge is -2.13. The smallest absolute Gasteiger partial charge is 0.234 e. The van der Waals surface area contributed by atoms with Crippen molar-refractivity contribution in [1.29, 1.82) is 0 Å². The van der Waals surface area contributed by atoms with Crippen LogP contribution in [-0.2, 0) is 17.8 Å². The molecule has 0 saturated carbocycles. The summed E-state index contributed by atoms with van der Waals surface area (Å²) < 4.78 is 2.15. The van der Waals surface area contributed by atoms with Gasteiger partial charge in [0.05, 0.1) is 5.75 Å². The van der Waals surface area contributed by atoms with Crippen molar-refractivity contribution in [2.75, 3.05) is 11.1 Å². The van der Waals surface area contributed by atoms with Gasteiger partial charge in [-0.05, 0) is 48.6 Å². The molecule has 0 aliphatic rings. The zero-order chi connectivity index (χ0) is 20.8. The molecule has 29 heavy (non-hydrogen) atoms. The Balaban J connectivity index is 1.68. The minimum atomic E-state index is -0.0382. The number of benzene rings is 2. The molecular formula is C23H28N4OS. The lowest BCUT2D eigenvalue weighted by Crippen LogP contribution is -2.16. The Morgan fingerprint density at radius 3 is 2.41 bits per heavy atom. The van der Waals surface area contributed by atoms with Gasteiger partial charge in [-0.1, -0.05) is 62.0 Å². The van der Waals surface area contributed by atoms with Crippen LogP contribution < -0.4 is 5.32 Å². The molecule has 152 valence electrons. The van der Waals surface area contributed by atoms with E-state index in [2.05, 4.69) is 52.1 Å². The van der Waals surface area contributed by atoms with Crippen LogP contribution in [0.3, 0.4) is 0 Å². The summed E-state index contributed by atoms with van der Waals surface area (Å²) in [7, 11) is 0. The molecule has 1 amide bonds. The molecule has 0 aliphatic heterocycles. The second kappa shape index (κ2) is 9.74. The van der Waals surface area contributed by atoms with Gasteiger partial charge >= 0.3 is 0 Å². The van der Waals surface area contributed by atoms with Crippen molar-refractivity contribution in [2.45, 2.75) is 45.8 Å². The van der Waals surface area contributed by atoms with Gasteiger partial charge < -0.3 is 9.88 Å². The summed E-state index contributed by atoms with van der Waals surface area (Å²) in [5.41, 5.74) is 4.31. The zero-order valence-corrected chi connectivity index (χ0v) is 18.3. The summed E-state index contributed by atoms with van der Waals surface area (Å²) in [6.07, 6.45) is 0.732. The first-order valence-electron chi connectivity index (χ1n) is 9.87. The van der Waals surface area contributed by atoms with Crippen molar-refractivity contribution in [3.05, 3.63) is 71.0 Å². The van der Waals surface area contributed by atoms with Crippen molar-refractivity contribution in [3.63, 3.8) is 0 Å². The Morgan fingerprint density at radius 2 is 1.76 bits per heavy atom. The summed E-state index contributed by atoms with van der Waals surface area (Å²) in [5.74, 6) is 1.66. The third kappa shape index (κ3) is 6.19. The maximum atomic E-state index is 12.5. The highest BCUT2D eigenvalue weighted by atomic mass is 32.2. The molecule has 1 aromatic heterocycles. The van der Waals surface area contributed by atoms with Gasteiger partial charge in [-0.15, -0.1) is 10.2 Å². The van der Waals surface area contributed by atoms with Crippen LogP contribution >= 0.6 is 11.8 Å². The van der Waals surface area contributed by atoms with Gasteiger partial charge in [0.25, 0.3) is 0 Å². The molecule has 0 fully saturated rings. The zero-order valence-electron chi connectivity index (χ0n) is 17.5. The summed E-state index contributed by atoms with van der Waals surface area (Å²) in [5, 5.41) is 12.6. The lowest BCUT2D eigenvalue weighted by atomic mass is 10.1. The number of carbonyl (C=O) groups excluding carboxylic acids is 1. The molecule has 0 unspecified atom stereocenters. The van der Waals surface area contributed by atoms with Crippen LogP contribution in [0.5, 0.6) is 0 Å². The number of hydrogen-bond acceptors (Lipinski definition) is 4. The van der Waals surface area contributed by atoms with Crippen molar-refractivity contribution < 1.29 is 4.79 Å². The predicted molar refractivity (Wildman–Crippen MR) is 119 cm³/mol. The maximum absolute atomic E-state index is 12.5. The van der Waals surface area contributed by atoms with E-state index in [1.807, 2.05) is 44.2 Å². The third-order valence-electron chi connectivity index (χ3n) is 4.38. The first-order valence-corrected chi connectivity index (χ1v) is 10.9. The van der Waals surface area contributed by atoms with Crippen LogP contribution in [0.1, 0.15) is 36.4 Å². The van der Waals surface area contributed by atoms with Gasteiger partial charge in [0.2, 0.25) is 5.91 Å². The van der Waals surface area contributed by atoms with Gasteiger partial charge in [0.1, 0.15) is 5.82 Å².